The first-order chi connectivity index (χ1) is 8.73. The monoisotopic (exact) mass is 274 g/mol. The zero-order valence-corrected chi connectivity index (χ0v) is 10.2. The first-order valence-corrected chi connectivity index (χ1v) is 5.36. The highest BCUT2D eigenvalue weighted by Crippen LogP contribution is 2.34. The Labute approximate surface area is 107 Å². The van der Waals surface area contributed by atoms with Crippen molar-refractivity contribution < 1.29 is 23.1 Å². The molecule has 0 amide bonds. The number of hydrogen-bond donors (Lipinski definition) is 1. The molecule has 1 unspecified atom stereocenters. The van der Waals surface area contributed by atoms with E-state index in [-0.39, 0.29) is 17.9 Å². The topological polar surface area (TPSA) is 55.1 Å². The van der Waals surface area contributed by atoms with Crippen molar-refractivity contribution in [2.24, 2.45) is 0 Å². The van der Waals surface area contributed by atoms with Crippen molar-refractivity contribution >= 4 is 12.0 Å². The van der Waals surface area contributed by atoms with Crippen molar-refractivity contribution in [3.05, 3.63) is 36.4 Å². The Bertz CT molecular complexity index is 518. The van der Waals surface area contributed by atoms with Gasteiger partial charge in [-0.2, -0.15) is 13.2 Å². The molecular formula is C12H13F3N2O2. The maximum atomic E-state index is 12.8. The number of carbonyl (C=O) groups is 1. The molecule has 0 spiro atoms. The van der Waals surface area contributed by atoms with E-state index in [0.717, 1.165) is 10.6 Å². The van der Waals surface area contributed by atoms with Gasteiger partial charge in [0.25, 0.3) is 0 Å². The van der Waals surface area contributed by atoms with Gasteiger partial charge in [0.2, 0.25) is 0 Å². The number of halogens is 3. The Balaban J connectivity index is 3.50. The first kappa shape index (κ1) is 15.0. The normalized spacial score (nSPS) is 13.1. The number of carboxylic acid groups (broad SMARTS) is 1. The third-order valence-electron chi connectivity index (χ3n) is 2.57. The third kappa shape index (κ3) is 2.86. The van der Waals surface area contributed by atoms with E-state index >= 15 is 0 Å². The summed E-state index contributed by atoms with van der Waals surface area (Å²) in [6.07, 6.45) is -2.37. The summed E-state index contributed by atoms with van der Waals surface area (Å²) in [5, 5.41) is 9.10. The summed E-state index contributed by atoms with van der Waals surface area (Å²) in [6, 6.07) is -1.19. The maximum absolute atomic E-state index is 12.8. The van der Waals surface area contributed by atoms with Crippen LogP contribution in [0, 0.1) is 6.92 Å². The highest BCUT2D eigenvalue weighted by molar-refractivity contribution is 5.73. The smallest absolute Gasteiger partial charge is 0.435 e. The summed E-state index contributed by atoms with van der Waals surface area (Å²) in [5.74, 6) is -1.28. The first-order valence-electron chi connectivity index (χ1n) is 5.36. The van der Waals surface area contributed by atoms with Gasteiger partial charge in [-0.1, -0.05) is 12.7 Å². The standard InChI is InChI=1S/C12H13F3N2O2/c1-4-6-9(11(18)19)17-7(3)16-10(8(17)5-2)12(13,14)15/h4-5,9H,1-2,6H2,3H3,(H,18,19). The Hall–Kier alpha value is -2.05. The molecule has 1 aromatic rings. The lowest BCUT2D eigenvalue weighted by Crippen LogP contribution is -2.21. The minimum absolute atomic E-state index is 0.00926. The Kier molecular flexibility index (Phi) is 4.18. The van der Waals surface area contributed by atoms with Gasteiger partial charge in [-0.25, -0.2) is 9.78 Å². The number of alkyl halides is 3. The van der Waals surface area contributed by atoms with E-state index in [2.05, 4.69) is 18.1 Å². The van der Waals surface area contributed by atoms with E-state index < -0.39 is 23.9 Å². The molecule has 1 heterocycles. The molecule has 104 valence electrons. The maximum Gasteiger partial charge on any atom is 0.435 e. The highest BCUT2D eigenvalue weighted by Gasteiger charge is 2.39. The number of hydrogen-bond acceptors (Lipinski definition) is 2. The van der Waals surface area contributed by atoms with Crippen LogP contribution in [0.5, 0.6) is 0 Å². The van der Waals surface area contributed by atoms with E-state index in [1.165, 1.54) is 13.0 Å². The van der Waals surface area contributed by atoms with Crippen LogP contribution in [0.15, 0.2) is 19.2 Å². The van der Waals surface area contributed by atoms with Crippen molar-refractivity contribution in [3.63, 3.8) is 0 Å². The molecule has 1 N–H and O–H groups in total. The van der Waals surface area contributed by atoms with Gasteiger partial charge >= 0.3 is 12.1 Å². The van der Waals surface area contributed by atoms with Gasteiger partial charge in [0.05, 0.1) is 5.69 Å². The molecular weight excluding hydrogens is 261 g/mol. The van der Waals surface area contributed by atoms with E-state index in [4.69, 9.17) is 5.11 Å². The quantitative estimate of drug-likeness (QED) is 0.839. The molecule has 0 saturated heterocycles. The van der Waals surface area contributed by atoms with Gasteiger partial charge in [0.1, 0.15) is 11.9 Å². The van der Waals surface area contributed by atoms with Gasteiger partial charge in [0, 0.05) is 0 Å². The SMILES string of the molecule is C=CCC(C(=O)O)n1c(C)nc(C(F)(F)F)c1C=C. The van der Waals surface area contributed by atoms with Crippen LogP contribution in [0.4, 0.5) is 13.2 Å². The van der Waals surface area contributed by atoms with Gasteiger partial charge in [-0.15, -0.1) is 6.58 Å². The molecule has 1 aromatic heterocycles. The molecule has 0 radical (unpaired) electrons. The molecule has 4 nitrogen and oxygen atoms in total. The van der Waals surface area contributed by atoms with Crippen LogP contribution in [0.1, 0.15) is 29.7 Å². The summed E-state index contributed by atoms with van der Waals surface area (Å²) in [7, 11) is 0. The van der Waals surface area contributed by atoms with Crippen LogP contribution in [0.2, 0.25) is 0 Å². The van der Waals surface area contributed by atoms with Gasteiger partial charge in [-0.05, 0) is 19.4 Å². The van der Waals surface area contributed by atoms with Gasteiger partial charge in [0.15, 0.2) is 5.69 Å². The number of carboxylic acids is 1. The zero-order valence-electron chi connectivity index (χ0n) is 10.2. The Morgan fingerprint density at radius 2 is 2.11 bits per heavy atom. The highest BCUT2D eigenvalue weighted by atomic mass is 19.4. The van der Waals surface area contributed by atoms with E-state index in [1.807, 2.05) is 0 Å². The number of aliphatic carboxylic acids is 1. The minimum Gasteiger partial charge on any atom is -0.480 e. The lowest BCUT2D eigenvalue weighted by atomic mass is 10.2. The van der Waals surface area contributed by atoms with Crippen LogP contribution in [0.25, 0.3) is 6.08 Å². The molecule has 0 aliphatic rings. The summed E-state index contributed by atoms with van der Waals surface area (Å²) < 4.78 is 39.4. The fourth-order valence-electron chi connectivity index (χ4n) is 1.83. The van der Waals surface area contributed by atoms with Crippen LogP contribution < -0.4 is 0 Å². The lowest BCUT2D eigenvalue weighted by Gasteiger charge is -2.16. The van der Waals surface area contributed by atoms with Gasteiger partial charge in [-0.3, -0.25) is 0 Å². The fourth-order valence-corrected chi connectivity index (χ4v) is 1.83. The second-order valence-corrected chi connectivity index (χ2v) is 3.84. The summed E-state index contributed by atoms with van der Waals surface area (Å²) in [6.45, 7) is 8.03. The van der Waals surface area contributed by atoms with Crippen LogP contribution in [-0.4, -0.2) is 20.6 Å². The average molecular weight is 274 g/mol. The van der Waals surface area contributed by atoms with Crippen molar-refractivity contribution in [1.82, 2.24) is 9.55 Å². The van der Waals surface area contributed by atoms with E-state index in [9.17, 15) is 18.0 Å². The number of aromatic nitrogens is 2. The number of imidazole rings is 1. The fraction of sp³-hybridized carbons (Fsp3) is 0.333. The molecule has 0 aromatic carbocycles. The van der Waals surface area contributed by atoms with Crippen LogP contribution >= 0.6 is 0 Å². The largest absolute Gasteiger partial charge is 0.480 e. The van der Waals surface area contributed by atoms with Crippen molar-refractivity contribution in [1.29, 1.82) is 0 Å². The molecule has 0 fully saturated rings. The predicted molar refractivity (Wildman–Crippen MR) is 63.5 cm³/mol. The molecule has 0 saturated carbocycles. The van der Waals surface area contributed by atoms with E-state index in [0.29, 0.717) is 0 Å². The van der Waals surface area contributed by atoms with Crippen molar-refractivity contribution in [2.75, 3.05) is 0 Å². The van der Waals surface area contributed by atoms with Crippen LogP contribution in [0.3, 0.4) is 0 Å². The van der Waals surface area contributed by atoms with Gasteiger partial charge < -0.3 is 9.67 Å². The molecule has 0 aliphatic heterocycles. The molecule has 1 atom stereocenters. The average Bonchev–Trinajstić information content (AvgIpc) is 2.62. The van der Waals surface area contributed by atoms with Crippen molar-refractivity contribution in [3.8, 4) is 0 Å². The molecule has 7 heteroatoms. The zero-order chi connectivity index (χ0) is 14.8. The number of aryl methyl sites for hydroxylation is 1. The summed E-state index contributed by atoms with van der Waals surface area (Å²) in [4.78, 5) is 14.6. The van der Waals surface area contributed by atoms with Crippen LogP contribution in [-0.2, 0) is 11.0 Å². The summed E-state index contributed by atoms with van der Waals surface area (Å²) in [5.41, 5.74) is -1.48. The Morgan fingerprint density at radius 3 is 2.47 bits per heavy atom. The summed E-state index contributed by atoms with van der Waals surface area (Å²) >= 11 is 0. The predicted octanol–water partition coefficient (Wildman–Crippen LogP) is 3.06. The Morgan fingerprint density at radius 1 is 1.53 bits per heavy atom. The number of allylic oxidation sites excluding steroid dienone is 1. The second kappa shape index (κ2) is 5.29. The van der Waals surface area contributed by atoms with E-state index in [1.54, 1.807) is 0 Å². The molecule has 1 rings (SSSR count). The number of nitrogens with zero attached hydrogens (tertiary/aromatic N) is 2. The number of rotatable bonds is 5. The minimum atomic E-state index is -4.66. The lowest BCUT2D eigenvalue weighted by molar-refractivity contribution is -0.143. The molecule has 19 heavy (non-hydrogen) atoms. The third-order valence-corrected chi connectivity index (χ3v) is 2.57. The molecule has 0 bridgehead atoms. The van der Waals surface area contributed by atoms with Crippen molar-refractivity contribution in [2.45, 2.75) is 25.6 Å². The second-order valence-electron chi connectivity index (χ2n) is 3.84. The molecule has 0 aliphatic carbocycles.